The van der Waals surface area contributed by atoms with Crippen molar-refractivity contribution in [1.29, 1.82) is 0 Å². The minimum atomic E-state index is -0.702. The van der Waals surface area contributed by atoms with Crippen LogP contribution in [-0.2, 0) is 17.3 Å². The number of nitrogens with zero attached hydrogens (tertiary/aromatic N) is 2. The van der Waals surface area contributed by atoms with Gasteiger partial charge in [0, 0.05) is 34.9 Å². The van der Waals surface area contributed by atoms with E-state index in [1.54, 1.807) is 0 Å². The van der Waals surface area contributed by atoms with E-state index in [0.29, 0.717) is 34.7 Å². The number of nitrogens with one attached hydrogen (secondary N) is 1. The van der Waals surface area contributed by atoms with Crippen LogP contribution in [0.2, 0.25) is 5.02 Å². The molecule has 0 amide bonds. The lowest BCUT2D eigenvalue weighted by Gasteiger charge is -2.23. The highest BCUT2D eigenvalue weighted by Crippen LogP contribution is 2.30. The Balaban J connectivity index is 1.77. The van der Waals surface area contributed by atoms with E-state index in [1.807, 2.05) is 0 Å². The summed E-state index contributed by atoms with van der Waals surface area (Å²) < 4.78 is 12.9. The monoisotopic (exact) mass is 315 g/mol. The second kappa shape index (κ2) is 5.85. The van der Waals surface area contributed by atoms with Crippen LogP contribution in [0.4, 0.5) is 5.69 Å². The third-order valence-electron chi connectivity index (χ3n) is 3.86. The second-order valence-corrected chi connectivity index (χ2v) is 7.67. The normalized spacial score (nSPS) is 26.4. The van der Waals surface area contributed by atoms with Crippen LogP contribution in [0.15, 0.2) is 11.0 Å². The van der Waals surface area contributed by atoms with E-state index in [1.165, 1.54) is 23.7 Å². The average Bonchev–Trinajstić information content (AvgIpc) is 3.24. The van der Waals surface area contributed by atoms with Crippen molar-refractivity contribution in [1.82, 2.24) is 9.78 Å². The Morgan fingerprint density at radius 1 is 1.35 bits per heavy atom. The quantitative estimate of drug-likeness (QED) is 0.917. The summed E-state index contributed by atoms with van der Waals surface area (Å²) in [7, 11) is -0.702. The Hall–Kier alpha value is -0.880. The highest BCUT2D eigenvalue weighted by Gasteiger charge is 2.24. The van der Waals surface area contributed by atoms with Gasteiger partial charge >= 0.3 is 0 Å². The lowest BCUT2D eigenvalue weighted by Crippen LogP contribution is -2.34. The van der Waals surface area contributed by atoms with Gasteiger partial charge in [-0.1, -0.05) is 11.6 Å². The molecular weight excluding hydrogens is 298 g/mol. The van der Waals surface area contributed by atoms with Crippen LogP contribution in [-0.4, -0.2) is 31.5 Å². The van der Waals surface area contributed by atoms with Gasteiger partial charge in [-0.15, -0.1) is 0 Å². The van der Waals surface area contributed by atoms with E-state index < -0.39 is 10.8 Å². The van der Waals surface area contributed by atoms with Crippen LogP contribution in [0.3, 0.4) is 0 Å². The van der Waals surface area contributed by atoms with E-state index >= 15 is 0 Å². The molecule has 1 aromatic heterocycles. The topological polar surface area (TPSA) is 64.0 Å². The number of rotatable bonds is 4. The van der Waals surface area contributed by atoms with Crippen LogP contribution >= 0.6 is 11.6 Å². The molecular formula is C13H18ClN3O2S. The molecule has 20 heavy (non-hydrogen) atoms. The standard InChI is InChI=1S/C13H18ClN3O2S/c14-11-7-15-17(8-9-1-2-9)13(18)12(11)16-10-3-5-20(19)6-4-10/h7,9-10,16H,1-6,8H2. The van der Waals surface area contributed by atoms with Crippen LogP contribution in [0.5, 0.6) is 0 Å². The minimum Gasteiger partial charge on any atom is -0.376 e. The smallest absolute Gasteiger partial charge is 0.291 e. The molecule has 1 saturated heterocycles. The van der Waals surface area contributed by atoms with Crippen molar-refractivity contribution in [2.75, 3.05) is 16.8 Å². The lowest BCUT2D eigenvalue weighted by molar-refractivity contribution is 0.532. The maximum atomic E-state index is 12.4. The van der Waals surface area contributed by atoms with E-state index in [0.717, 1.165) is 12.8 Å². The van der Waals surface area contributed by atoms with Crippen molar-refractivity contribution in [3.63, 3.8) is 0 Å². The largest absolute Gasteiger partial charge is 0.376 e. The van der Waals surface area contributed by atoms with E-state index in [4.69, 9.17) is 11.6 Å². The summed E-state index contributed by atoms with van der Waals surface area (Å²) in [5.41, 5.74) is 0.302. The first kappa shape index (κ1) is 14.1. The van der Waals surface area contributed by atoms with Gasteiger partial charge in [-0.3, -0.25) is 9.00 Å². The molecule has 5 nitrogen and oxygen atoms in total. The van der Waals surface area contributed by atoms with Gasteiger partial charge in [0.2, 0.25) is 0 Å². The summed E-state index contributed by atoms with van der Waals surface area (Å²) in [6, 6.07) is 0.176. The zero-order valence-electron chi connectivity index (χ0n) is 11.2. The SMILES string of the molecule is O=c1c(NC2CCS(=O)CC2)c(Cl)cnn1CC1CC1. The van der Waals surface area contributed by atoms with Crippen molar-refractivity contribution in [3.05, 3.63) is 21.6 Å². The molecule has 110 valence electrons. The summed E-state index contributed by atoms with van der Waals surface area (Å²) in [5, 5.41) is 7.71. The van der Waals surface area contributed by atoms with Crippen molar-refractivity contribution < 1.29 is 4.21 Å². The molecule has 0 spiro atoms. The van der Waals surface area contributed by atoms with Crippen LogP contribution in [0.25, 0.3) is 0 Å². The maximum Gasteiger partial charge on any atom is 0.291 e. The van der Waals surface area contributed by atoms with E-state index in [2.05, 4.69) is 10.4 Å². The molecule has 0 unspecified atom stereocenters. The Bertz CT molecular complexity index is 575. The zero-order valence-corrected chi connectivity index (χ0v) is 12.8. The van der Waals surface area contributed by atoms with Crippen LogP contribution in [0, 0.1) is 5.92 Å². The predicted molar refractivity (Wildman–Crippen MR) is 80.8 cm³/mol. The molecule has 2 aliphatic rings. The van der Waals surface area contributed by atoms with Gasteiger partial charge < -0.3 is 5.32 Å². The summed E-state index contributed by atoms with van der Waals surface area (Å²) in [5.74, 6) is 1.97. The molecule has 1 aromatic rings. The van der Waals surface area contributed by atoms with Crippen molar-refractivity contribution in [2.45, 2.75) is 38.3 Å². The van der Waals surface area contributed by atoms with Crippen molar-refractivity contribution in [3.8, 4) is 0 Å². The molecule has 0 aromatic carbocycles. The van der Waals surface area contributed by atoms with E-state index in [-0.39, 0.29) is 11.6 Å². The van der Waals surface area contributed by atoms with Crippen LogP contribution < -0.4 is 10.9 Å². The number of aromatic nitrogens is 2. The molecule has 1 saturated carbocycles. The first-order valence-corrected chi connectivity index (χ1v) is 8.87. The molecule has 2 heterocycles. The summed E-state index contributed by atoms with van der Waals surface area (Å²) in [6.07, 6.45) is 5.51. The maximum absolute atomic E-state index is 12.4. The number of hydrogen-bond acceptors (Lipinski definition) is 4. The van der Waals surface area contributed by atoms with Crippen LogP contribution in [0.1, 0.15) is 25.7 Å². The van der Waals surface area contributed by atoms with Gasteiger partial charge in [0.1, 0.15) is 5.69 Å². The van der Waals surface area contributed by atoms with Gasteiger partial charge in [-0.2, -0.15) is 5.10 Å². The first-order chi connectivity index (χ1) is 9.63. The van der Waals surface area contributed by atoms with Gasteiger partial charge in [-0.25, -0.2) is 4.68 Å². The molecule has 2 fully saturated rings. The first-order valence-electron chi connectivity index (χ1n) is 7.00. The summed E-state index contributed by atoms with van der Waals surface area (Å²) in [6.45, 7) is 0.680. The van der Waals surface area contributed by atoms with Gasteiger partial charge in [0.05, 0.1) is 11.2 Å². The molecule has 0 atom stereocenters. The fourth-order valence-electron chi connectivity index (χ4n) is 2.42. The highest BCUT2D eigenvalue weighted by atomic mass is 35.5. The minimum absolute atomic E-state index is 0.143. The molecule has 1 aliphatic carbocycles. The second-order valence-electron chi connectivity index (χ2n) is 5.56. The van der Waals surface area contributed by atoms with Crippen molar-refractivity contribution >= 4 is 28.1 Å². The third-order valence-corrected chi connectivity index (χ3v) is 5.53. The van der Waals surface area contributed by atoms with Crippen molar-refractivity contribution in [2.24, 2.45) is 5.92 Å². The van der Waals surface area contributed by atoms with Gasteiger partial charge in [-0.05, 0) is 31.6 Å². The summed E-state index contributed by atoms with van der Waals surface area (Å²) >= 11 is 6.10. The summed E-state index contributed by atoms with van der Waals surface area (Å²) in [4.78, 5) is 12.4. The Morgan fingerprint density at radius 3 is 2.70 bits per heavy atom. The fraction of sp³-hybridized carbons (Fsp3) is 0.692. The molecule has 1 N–H and O–H groups in total. The molecule has 0 radical (unpaired) electrons. The Kier molecular flexibility index (Phi) is 4.12. The predicted octanol–water partition coefficient (Wildman–Crippen LogP) is 1.63. The Labute approximate surface area is 125 Å². The fourth-order valence-corrected chi connectivity index (χ4v) is 3.89. The molecule has 0 bridgehead atoms. The number of halogens is 1. The van der Waals surface area contributed by atoms with E-state index in [9.17, 15) is 9.00 Å². The number of anilines is 1. The lowest BCUT2D eigenvalue weighted by atomic mass is 10.1. The number of hydrogen-bond donors (Lipinski definition) is 1. The molecule has 1 aliphatic heterocycles. The zero-order chi connectivity index (χ0) is 14.1. The van der Waals surface area contributed by atoms with Gasteiger partial charge in [0.25, 0.3) is 5.56 Å². The highest BCUT2D eigenvalue weighted by molar-refractivity contribution is 7.85. The van der Waals surface area contributed by atoms with Gasteiger partial charge in [0.15, 0.2) is 0 Å². The molecule has 7 heteroatoms. The Morgan fingerprint density at radius 2 is 2.05 bits per heavy atom. The molecule has 3 rings (SSSR count). The third kappa shape index (κ3) is 3.23. The average molecular weight is 316 g/mol.